The zero-order valence-corrected chi connectivity index (χ0v) is 15.9. The summed E-state index contributed by atoms with van der Waals surface area (Å²) in [5.41, 5.74) is 4.11. The highest BCUT2D eigenvalue weighted by Gasteiger charge is 2.02. The van der Waals surface area contributed by atoms with Crippen molar-refractivity contribution in [3.8, 4) is 0 Å². The van der Waals surface area contributed by atoms with E-state index < -0.39 is 5.97 Å². The molecule has 1 heterocycles. The highest BCUT2D eigenvalue weighted by molar-refractivity contribution is 7.80. The van der Waals surface area contributed by atoms with Crippen molar-refractivity contribution < 1.29 is 14.3 Å². The fraction of sp³-hybridized carbons (Fsp3) is 0.316. The highest BCUT2D eigenvalue weighted by atomic mass is 32.1. The Kier molecular flexibility index (Phi) is 10.4. The molecule has 0 aliphatic carbocycles. The molecule has 0 radical (unpaired) electrons. The number of rotatable bonds is 7. The molecule has 0 amide bonds. The van der Waals surface area contributed by atoms with Crippen LogP contribution in [-0.4, -0.2) is 29.5 Å². The number of carboxylic acids is 1. The summed E-state index contributed by atoms with van der Waals surface area (Å²) in [6.07, 6.45) is 7.64. The van der Waals surface area contributed by atoms with Crippen molar-refractivity contribution in [3.05, 3.63) is 59.5 Å². The summed E-state index contributed by atoms with van der Waals surface area (Å²) in [4.78, 5) is 10.7. The lowest BCUT2D eigenvalue weighted by atomic mass is 10.0. The third kappa shape index (κ3) is 8.98. The van der Waals surface area contributed by atoms with Crippen LogP contribution in [0.3, 0.4) is 0 Å². The van der Waals surface area contributed by atoms with E-state index in [9.17, 15) is 4.79 Å². The predicted octanol–water partition coefficient (Wildman–Crippen LogP) is 3.82. The van der Waals surface area contributed by atoms with E-state index in [1.54, 1.807) is 43.8 Å². The van der Waals surface area contributed by atoms with Crippen molar-refractivity contribution in [2.75, 3.05) is 7.05 Å². The first-order valence-electron chi connectivity index (χ1n) is 8.43. The lowest BCUT2D eigenvalue weighted by Gasteiger charge is -2.01. The van der Waals surface area contributed by atoms with E-state index >= 15 is 0 Å². The second-order valence-corrected chi connectivity index (χ2v) is 5.84. The molecule has 2 aromatic rings. The van der Waals surface area contributed by atoms with Crippen molar-refractivity contribution >= 4 is 29.5 Å². The topological polar surface area (TPSA) is 86.9 Å². The van der Waals surface area contributed by atoms with Crippen LogP contribution in [0.1, 0.15) is 47.9 Å². The SMILES string of the molecule is CCCCCc1cccc(C(=O)O)c1.CNC(=S)NN=Cc1ccco1. The normalized spacial score (nSPS) is 10.1. The van der Waals surface area contributed by atoms with Crippen LogP contribution in [0.5, 0.6) is 0 Å². The van der Waals surface area contributed by atoms with Gasteiger partial charge in [0, 0.05) is 7.05 Å². The number of unbranched alkanes of at least 4 members (excludes halogenated alkanes) is 2. The lowest BCUT2D eigenvalue weighted by molar-refractivity contribution is 0.0696. The Balaban J connectivity index is 0.000000263. The molecule has 7 heteroatoms. The van der Waals surface area contributed by atoms with Crippen molar-refractivity contribution in [2.24, 2.45) is 5.10 Å². The van der Waals surface area contributed by atoms with E-state index in [0.717, 1.165) is 18.4 Å². The van der Waals surface area contributed by atoms with Gasteiger partial charge in [-0.05, 0) is 54.9 Å². The Hall–Kier alpha value is -2.67. The Bertz CT molecular complexity index is 700. The largest absolute Gasteiger partial charge is 0.478 e. The van der Waals surface area contributed by atoms with Gasteiger partial charge in [-0.1, -0.05) is 31.9 Å². The maximum atomic E-state index is 10.7. The molecule has 0 saturated heterocycles. The van der Waals surface area contributed by atoms with Crippen molar-refractivity contribution in [1.82, 2.24) is 10.7 Å². The molecule has 0 aliphatic heterocycles. The number of benzene rings is 1. The minimum absolute atomic E-state index is 0.388. The molecule has 0 aliphatic rings. The van der Waals surface area contributed by atoms with Crippen LogP contribution in [0.15, 0.2) is 52.2 Å². The molecule has 140 valence electrons. The van der Waals surface area contributed by atoms with Gasteiger partial charge in [-0.2, -0.15) is 5.10 Å². The van der Waals surface area contributed by atoms with Gasteiger partial charge in [-0.3, -0.25) is 5.43 Å². The first kappa shape index (κ1) is 21.4. The highest BCUT2D eigenvalue weighted by Crippen LogP contribution is 2.09. The molecule has 1 aromatic heterocycles. The summed E-state index contributed by atoms with van der Waals surface area (Å²) >= 11 is 4.78. The summed E-state index contributed by atoms with van der Waals surface area (Å²) < 4.78 is 5.00. The number of aryl methyl sites for hydroxylation is 1. The van der Waals surface area contributed by atoms with E-state index in [4.69, 9.17) is 21.7 Å². The third-order valence-corrected chi connectivity index (χ3v) is 3.67. The summed E-state index contributed by atoms with van der Waals surface area (Å²) in [5.74, 6) is -0.163. The molecular weight excluding hydrogens is 350 g/mol. The molecule has 0 fully saturated rings. The van der Waals surface area contributed by atoms with E-state index in [2.05, 4.69) is 22.8 Å². The molecule has 26 heavy (non-hydrogen) atoms. The molecule has 1 aromatic carbocycles. The van der Waals surface area contributed by atoms with Crippen LogP contribution in [0.4, 0.5) is 0 Å². The summed E-state index contributed by atoms with van der Waals surface area (Å²) in [6.45, 7) is 2.16. The van der Waals surface area contributed by atoms with Gasteiger partial charge in [-0.25, -0.2) is 4.79 Å². The maximum absolute atomic E-state index is 10.7. The second-order valence-electron chi connectivity index (χ2n) is 5.43. The molecule has 0 saturated carbocycles. The van der Waals surface area contributed by atoms with Gasteiger partial charge >= 0.3 is 5.97 Å². The standard InChI is InChI=1S/C12H16O2.C7H9N3OS/c1-2-3-4-6-10-7-5-8-11(9-10)12(13)14;1-8-7(12)10-9-5-6-3-2-4-11-6/h5,7-9H,2-4,6H2,1H3,(H,13,14);2-5H,1H3,(H2,8,10,12). The number of carboxylic acid groups (broad SMARTS) is 1. The average Bonchev–Trinajstić information content (AvgIpc) is 3.16. The zero-order valence-electron chi connectivity index (χ0n) is 15.1. The van der Waals surface area contributed by atoms with Gasteiger partial charge in [0.1, 0.15) is 5.76 Å². The second kappa shape index (κ2) is 12.7. The number of nitrogens with one attached hydrogen (secondary N) is 2. The molecule has 3 N–H and O–H groups in total. The van der Waals surface area contributed by atoms with Crippen LogP contribution < -0.4 is 10.7 Å². The van der Waals surface area contributed by atoms with E-state index in [1.165, 1.54) is 12.8 Å². The average molecular weight is 375 g/mol. The Morgan fingerprint density at radius 2 is 2.12 bits per heavy atom. The Morgan fingerprint density at radius 3 is 2.73 bits per heavy atom. The minimum atomic E-state index is -0.845. The van der Waals surface area contributed by atoms with Crippen molar-refractivity contribution in [2.45, 2.75) is 32.6 Å². The summed E-state index contributed by atoms with van der Waals surface area (Å²) in [7, 11) is 1.72. The molecule has 0 unspecified atom stereocenters. The maximum Gasteiger partial charge on any atom is 0.335 e. The van der Waals surface area contributed by atoms with E-state index in [-0.39, 0.29) is 0 Å². The first-order chi connectivity index (χ1) is 12.6. The fourth-order valence-corrected chi connectivity index (χ4v) is 2.07. The fourth-order valence-electron chi connectivity index (χ4n) is 2.01. The molecule has 0 bridgehead atoms. The number of furan rings is 1. The predicted molar refractivity (Wildman–Crippen MR) is 108 cm³/mol. The van der Waals surface area contributed by atoms with Crippen molar-refractivity contribution in [1.29, 1.82) is 0 Å². The molecular formula is C19H25N3O3S. The van der Waals surface area contributed by atoms with Gasteiger partial charge < -0.3 is 14.8 Å². The van der Waals surface area contributed by atoms with Gasteiger partial charge in [0.2, 0.25) is 0 Å². The summed E-state index contributed by atoms with van der Waals surface area (Å²) in [6, 6.07) is 10.8. The monoisotopic (exact) mass is 375 g/mol. The van der Waals surface area contributed by atoms with E-state index in [1.807, 2.05) is 12.1 Å². The number of hydrazone groups is 1. The van der Waals surface area contributed by atoms with Gasteiger partial charge in [0.15, 0.2) is 5.11 Å². The third-order valence-electron chi connectivity index (χ3n) is 3.37. The quantitative estimate of drug-likeness (QED) is 0.295. The number of thiocarbonyl (C=S) groups is 1. The van der Waals surface area contributed by atoms with Gasteiger partial charge in [0.05, 0.1) is 18.0 Å². The first-order valence-corrected chi connectivity index (χ1v) is 8.84. The van der Waals surface area contributed by atoms with Crippen LogP contribution in [0, 0.1) is 0 Å². The number of hydrogen-bond acceptors (Lipinski definition) is 4. The number of nitrogens with zero attached hydrogens (tertiary/aromatic N) is 1. The number of carbonyl (C=O) groups is 1. The zero-order chi connectivity index (χ0) is 19.2. The number of aromatic carboxylic acids is 1. The minimum Gasteiger partial charge on any atom is -0.478 e. The molecule has 0 atom stereocenters. The lowest BCUT2D eigenvalue weighted by Crippen LogP contribution is -2.28. The van der Waals surface area contributed by atoms with Crippen molar-refractivity contribution in [3.63, 3.8) is 0 Å². The van der Waals surface area contributed by atoms with Gasteiger partial charge in [0.25, 0.3) is 0 Å². The Labute approximate surface area is 159 Å². The summed E-state index contributed by atoms with van der Waals surface area (Å²) in [5, 5.41) is 15.8. The molecule has 6 nitrogen and oxygen atoms in total. The smallest absolute Gasteiger partial charge is 0.335 e. The van der Waals surface area contributed by atoms with Crippen LogP contribution >= 0.6 is 12.2 Å². The Morgan fingerprint density at radius 1 is 1.31 bits per heavy atom. The molecule has 2 rings (SSSR count). The van der Waals surface area contributed by atoms with E-state index in [0.29, 0.717) is 16.4 Å². The molecule has 0 spiro atoms. The van der Waals surface area contributed by atoms with Crippen LogP contribution in [0.2, 0.25) is 0 Å². The van der Waals surface area contributed by atoms with Crippen LogP contribution in [0.25, 0.3) is 0 Å². The van der Waals surface area contributed by atoms with Crippen LogP contribution in [-0.2, 0) is 6.42 Å². The van der Waals surface area contributed by atoms with Gasteiger partial charge in [-0.15, -0.1) is 0 Å². The number of hydrogen-bond donors (Lipinski definition) is 3.